The van der Waals surface area contributed by atoms with Crippen LogP contribution in [0.1, 0.15) is 60.7 Å². The summed E-state index contributed by atoms with van der Waals surface area (Å²) in [6.45, 7) is 2.07. The summed E-state index contributed by atoms with van der Waals surface area (Å²) in [5.74, 6) is 0.356. The Kier molecular flexibility index (Phi) is 5.52. The van der Waals surface area contributed by atoms with E-state index in [0.29, 0.717) is 17.8 Å². The largest absolute Gasteiger partial charge is 0.289 e. The average molecular weight is 371 g/mol. The summed E-state index contributed by atoms with van der Waals surface area (Å²) in [5.41, 5.74) is 9.67. The molecule has 0 atom stereocenters. The highest BCUT2D eigenvalue weighted by Crippen LogP contribution is 2.42. The van der Waals surface area contributed by atoms with Crippen molar-refractivity contribution >= 4 is 22.8 Å². The summed E-state index contributed by atoms with van der Waals surface area (Å²) in [4.78, 5) is 16.0. The lowest BCUT2D eigenvalue weighted by Crippen LogP contribution is -2.21. The van der Waals surface area contributed by atoms with Crippen LogP contribution in [0.25, 0.3) is 10.4 Å². The lowest BCUT2D eigenvalue weighted by atomic mass is 9.96. The van der Waals surface area contributed by atoms with Crippen LogP contribution < -0.4 is 10.7 Å². The van der Waals surface area contributed by atoms with E-state index in [2.05, 4.69) is 18.0 Å². The first-order valence-corrected chi connectivity index (χ1v) is 9.92. The normalized spacial score (nSPS) is 13.7. The third-order valence-electron chi connectivity index (χ3n) is 4.92. The molecule has 0 spiro atoms. The zero-order chi connectivity index (χ0) is 18.7. The Morgan fingerprint density at radius 1 is 1.38 bits per heavy atom. The van der Waals surface area contributed by atoms with Gasteiger partial charge in [-0.3, -0.25) is 15.8 Å². The second-order valence-electron chi connectivity index (χ2n) is 6.70. The van der Waals surface area contributed by atoms with Crippen LogP contribution in [-0.2, 0) is 19.3 Å². The molecule has 2 heterocycles. The van der Waals surface area contributed by atoms with Gasteiger partial charge in [-0.1, -0.05) is 19.8 Å². The highest BCUT2D eigenvalue weighted by molar-refractivity contribution is 7.16. The summed E-state index contributed by atoms with van der Waals surface area (Å²) >= 11 is 1.44. The van der Waals surface area contributed by atoms with E-state index < -0.39 is 0 Å². The maximum Gasteiger partial charge on any atom is 0.289 e. The van der Waals surface area contributed by atoms with Gasteiger partial charge in [0.15, 0.2) is 0 Å². The van der Waals surface area contributed by atoms with Gasteiger partial charge in [-0.2, -0.15) is 5.26 Å². The van der Waals surface area contributed by atoms with Gasteiger partial charge in [-0.15, -0.1) is 11.3 Å². The topological polar surface area (TPSA) is 107 Å². The van der Waals surface area contributed by atoms with Crippen molar-refractivity contribution in [3.05, 3.63) is 37.9 Å². The molecule has 0 saturated heterocycles. The molecule has 0 radical (unpaired) electrons. The van der Waals surface area contributed by atoms with Gasteiger partial charge in [0.25, 0.3) is 11.5 Å². The number of hydrogen-bond acceptors (Lipinski definition) is 5. The third-order valence-corrected chi connectivity index (χ3v) is 6.13. The van der Waals surface area contributed by atoms with E-state index >= 15 is 0 Å². The first kappa shape index (κ1) is 18.3. The van der Waals surface area contributed by atoms with Gasteiger partial charge >= 0.3 is 0 Å². The lowest BCUT2D eigenvalue weighted by Gasteiger charge is -2.11. The van der Waals surface area contributed by atoms with Crippen LogP contribution >= 0.6 is 11.3 Å². The van der Waals surface area contributed by atoms with Crippen LogP contribution in [0.2, 0.25) is 0 Å². The van der Waals surface area contributed by atoms with Crippen molar-refractivity contribution in [3.8, 4) is 16.5 Å². The highest BCUT2D eigenvalue weighted by atomic mass is 32.1. The zero-order valence-corrected chi connectivity index (χ0v) is 15.7. The molecule has 6 nitrogen and oxygen atoms in total. The number of nitrogens with two attached hydrogens (primary N) is 1. The van der Waals surface area contributed by atoms with Crippen molar-refractivity contribution in [2.24, 2.45) is 0 Å². The van der Waals surface area contributed by atoms with E-state index in [4.69, 9.17) is 5.73 Å². The molecule has 3 N–H and O–H groups in total. The molecule has 0 unspecified atom stereocenters. The number of pyridine rings is 1. The molecule has 7 heteroatoms. The molecule has 26 heavy (non-hydrogen) atoms. The SMILES string of the molecule is CCCCc1sc(-c2c(C#N)c(N)[nH+]c3c2CCCCC3)cc1[N+](=O)[O-]. The first-order valence-electron chi connectivity index (χ1n) is 9.10. The molecule has 1 aliphatic carbocycles. The number of aromatic nitrogens is 1. The fourth-order valence-corrected chi connectivity index (χ4v) is 4.86. The number of unbranched alkanes of at least 4 members (excludes halogenated alkanes) is 1. The van der Waals surface area contributed by atoms with E-state index in [0.717, 1.165) is 71.5 Å². The lowest BCUT2D eigenvalue weighted by molar-refractivity contribution is -0.385. The number of nitrogens with one attached hydrogen (secondary N) is 1. The molecule has 0 saturated carbocycles. The molecule has 0 aliphatic heterocycles. The number of anilines is 1. The Bertz CT molecular complexity index is 883. The number of nitrogens with zero attached hydrogens (tertiary/aromatic N) is 2. The highest BCUT2D eigenvalue weighted by Gasteiger charge is 2.28. The fraction of sp³-hybridized carbons (Fsp3) is 0.474. The first-order chi connectivity index (χ1) is 12.6. The number of aryl methyl sites for hydroxylation is 2. The van der Waals surface area contributed by atoms with Crippen LogP contribution in [-0.4, -0.2) is 4.92 Å². The minimum Gasteiger partial charge on any atom is -0.286 e. The number of hydrogen-bond donors (Lipinski definition) is 1. The van der Waals surface area contributed by atoms with Gasteiger partial charge in [0.2, 0.25) is 0 Å². The average Bonchev–Trinajstić information content (AvgIpc) is 2.90. The molecule has 136 valence electrons. The van der Waals surface area contributed by atoms with Crippen LogP contribution in [0.4, 0.5) is 11.5 Å². The molecule has 0 aromatic carbocycles. The van der Waals surface area contributed by atoms with E-state index in [9.17, 15) is 15.4 Å². The Morgan fingerprint density at radius 3 is 2.85 bits per heavy atom. The predicted molar refractivity (Wildman–Crippen MR) is 102 cm³/mol. The third kappa shape index (κ3) is 3.42. The number of nitrogen functional groups attached to an aromatic ring is 1. The number of aromatic amines is 1. The molecule has 2 aromatic rings. The Hall–Kier alpha value is -2.46. The summed E-state index contributed by atoms with van der Waals surface area (Å²) in [6, 6.07) is 3.85. The van der Waals surface area contributed by atoms with E-state index in [1.54, 1.807) is 6.07 Å². The Labute approximate surface area is 156 Å². The van der Waals surface area contributed by atoms with E-state index in [1.165, 1.54) is 11.3 Å². The second kappa shape index (κ2) is 7.83. The van der Waals surface area contributed by atoms with Gasteiger partial charge in [0, 0.05) is 28.5 Å². The van der Waals surface area contributed by atoms with Gasteiger partial charge in [-0.25, -0.2) is 4.98 Å². The fourth-order valence-electron chi connectivity index (χ4n) is 3.61. The minimum absolute atomic E-state index is 0.163. The molecule has 0 bridgehead atoms. The summed E-state index contributed by atoms with van der Waals surface area (Å²) in [5, 5.41) is 21.2. The monoisotopic (exact) mass is 371 g/mol. The smallest absolute Gasteiger partial charge is 0.286 e. The summed E-state index contributed by atoms with van der Waals surface area (Å²) in [7, 11) is 0. The number of H-pyrrole nitrogens is 1. The van der Waals surface area contributed by atoms with Crippen LogP contribution in [0.3, 0.4) is 0 Å². The van der Waals surface area contributed by atoms with E-state index in [1.807, 2.05) is 0 Å². The second-order valence-corrected chi connectivity index (χ2v) is 7.83. The van der Waals surface area contributed by atoms with Gasteiger partial charge in [-0.05, 0) is 32.1 Å². The molecule has 0 amide bonds. The van der Waals surface area contributed by atoms with Gasteiger partial charge in [0.1, 0.15) is 17.3 Å². The number of thiophene rings is 1. The summed E-state index contributed by atoms with van der Waals surface area (Å²) in [6.07, 6.45) is 7.62. The standard InChI is InChI=1S/C19H22N4O2S/c1-2-3-9-16-15(23(24)25)10-17(26-16)18-12-7-5-4-6-8-14(12)22-19(21)13(18)11-20/h10H,2-9H2,1H3,(H2,21,22)/p+1. The molecule has 2 aromatic heterocycles. The number of fused-ring (bicyclic) bond motifs is 1. The number of nitro groups is 1. The number of nitriles is 1. The molecular formula is C19H23N4O2S+. The van der Waals surface area contributed by atoms with Crippen molar-refractivity contribution in [2.45, 2.75) is 58.3 Å². The van der Waals surface area contributed by atoms with Crippen molar-refractivity contribution in [1.82, 2.24) is 0 Å². The Morgan fingerprint density at radius 2 is 2.15 bits per heavy atom. The van der Waals surface area contributed by atoms with Crippen LogP contribution in [0, 0.1) is 21.4 Å². The summed E-state index contributed by atoms with van der Waals surface area (Å²) < 4.78 is 0. The van der Waals surface area contributed by atoms with Crippen molar-refractivity contribution in [1.29, 1.82) is 5.26 Å². The van der Waals surface area contributed by atoms with Gasteiger partial charge < -0.3 is 0 Å². The van der Waals surface area contributed by atoms with Crippen LogP contribution in [0.5, 0.6) is 0 Å². The zero-order valence-electron chi connectivity index (χ0n) is 14.9. The maximum absolute atomic E-state index is 11.5. The molecular weight excluding hydrogens is 348 g/mol. The minimum atomic E-state index is -0.311. The predicted octanol–water partition coefficient (Wildman–Crippen LogP) is 4.20. The van der Waals surface area contributed by atoms with Crippen molar-refractivity contribution in [3.63, 3.8) is 0 Å². The molecule has 3 rings (SSSR count). The molecule has 0 fully saturated rings. The Balaban J connectivity index is 2.21. The van der Waals surface area contributed by atoms with Crippen molar-refractivity contribution < 1.29 is 9.91 Å². The maximum atomic E-state index is 11.5. The van der Waals surface area contributed by atoms with Crippen molar-refractivity contribution in [2.75, 3.05) is 5.73 Å². The van der Waals surface area contributed by atoms with Crippen LogP contribution in [0.15, 0.2) is 6.07 Å². The molecule has 1 aliphatic rings. The van der Waals surface area contributed by atoms with E-state index in [-0.39, 0.29) is 10.6 Å². The van der Waals surface area contributed by atoms with Gasteiger partial charge in [0.05, 0.1) is 9.80 Å². The number of rotatable bonds is 5. The quantitative estimate of drug-likeness (QED) is 0.482.